The second kappa shape index (κ2) is 14.5. The van der Waals surface area contributed by atoms with Gasteiger partial charge in [0.25, 0.3) is 0 Å². The van der Waals surface area contributed by atoms with Crippen molar-refractivity contribution in [3.05, 3.63) is 187 Å². The summed E-state index contributed by atoms with van der Waals surface area (Å²) < 4.78 is 20.4. The van der Waals surface area contributed by atoms with E-state index in [0.29, 0.717) is 17.2 Å². The Morgan fingerprint density at radius 3 is 1.41 bits per heavy atom. The van der Waals surface area contributed by atoms with Crippen molar-refractivity contribution >= 4 is 47.7 Å². The zero-order valence-electron chi connectivity index (χ0n) is 29.9. The van der Waals surface area contributed by atoms with Gasteiger partial charge in [0.15, 0.2) is 0 Å². The number of benzene rings is 7. The van der Waals surface area contributed by atoms with Gasteiger partial charge in [-0.3, -0.25) is 0 Å². The van der Waals surface area contributed by atoms with Crippen molar-refractivity contribution < 1.29 is 11.4 Å². The summed E-state index contributed by atoms with van der Waals surface area (Å²) in [5.74, 6) is 1.91. The molecule has 0 unspecified atom stereocenters. The Labute approximate surface area is 319 Å². The van der Waals surface area contributed by atoms with Gasteiger partial charge in [-0.05, 0) is 101 Å². The molecule has 0 amide bonds. The summed E-state index contributed by atoms with van der Waals surface area (Å²) in [4.78, 5) is 9.66. The Kier molecular flexibility index (Phi) is 8.98. The van der Waals surface area contributed by atoms with Crippen LogP contribution in [0.5, 0.6) is 17.2 Å². The molecule has 54 heavy (non-hydrogen) atoms. The van der Waals surface area contributed by atoms with Gasteiger partial charge in [0.2, 0.25) is 0 Å². The lowest BCUT2D eigenvalue weighted by Gasteiger charge is -2.20. The van der Waals surface area contributed by atoms with Crippen molar-refractivity contribution in [1.29, 1.82) is 0 Å². The highest BCUT2D eigenvalue weighted by atomic mass is 27.3. The molecule has 0 N–H and O–H groups in total. The Morgan fingerprint density at radius 2 is 0.852 bits per heavy atom. The van der Waals surface area contributed by atoms with Gasteiger partial charge in [-0.25, -0.2) is 9.97 Å². The van der Waals surface area contributed by atoms with Gasteiger partial charge in [-0.15, -0.1) is 0 Å². The molecule has 0 radical (unpaired) electrons. The molecule has 0 fully saturated rings. The Bertz CT molecular complexity index is 2650. The molecule has 5 nitrogen and oxygen atoms in total. The highest BCUT2D eigenvalue weighted by molar-refractivity contribution is 6.40. The summed E-state index contributed by atoms with van der Waals surface area (Å²) in [7, 11) is 0. The SMILES string of the molecule is Cc1ccc2cccc([O][Al]([O]c3ccc(-c4cc(-c5ccccc5)cc(-c5ccccc5)c4)c4ccccc34)[O]c3cccc4ccc(C)nc34)c2n1. The minimum Gasteiger partial charge on any atom is -0.577 e. The van der Waals surface area contributed by atoms with E-state index >= 15 is 0 Å². The fourth-order valence-corrected chi connectivity index (χ4v) is 8.36. The van der Waals surface area contributed by atoms with E-state index in [4.69, 9.17) is 21.3 Å². The summed E-state index contributed by atoms with van der Waals surface area (Å²) in [6.45, 7) is 3.96. The summed E-state index contributed by atoms with van der Waals surface area (Å²) in [5.41, 5.74) is 10.2. The lowest BCUT2D eigenvalue weighted by Crippen LogP contribution is -2.37. The summed E-state index contributed by atoms with van der Waals surface area (Å²) in [6, 6.07) is 60.5. The molecule has 2 aromatic heterocycles. The van der Waals surface area contributed by atoms with E-state index in [1.165, 1.54) is 11.1 Å². The highest BCUT2D eigenvalue weighted by Crippen LogP contribution is 2.39. The molecule has 0 saturated carbocycles. The van der Waals surface area contributed by atoms with Gasteiger partial charge >= 0.3 is 15.1 Å². The zero-order valence-corrected chi connectivity index (χ0v) is 31.1. The quantitative estimate of drug-likeness (QED) is 0.139. The molecule has 9 aromatic rings. The van der Waals surface area contributed by atoms with Gasteiger partial charge < -0.3 is 11.4 Å². The van der Waals surface area contributed by atoms with Crippen LogP contribution in [-0.2, 0) is 0 Å². The number of aromatic nitrogens is 2. The van der Waals surface area contributed by atoms with Crippen molar-refractivity contribution in [3.8, 4) is 50.6 Å². The van der Waals surface area contributed by atoms with Crippen LogP contribution in [0.15, 0.2) is 176 Å². The van der Waals surface area contributed by atoms with Crippen LogP contribution in [0.3, 0.4) is 0 Å². The van der Waals surface area contributed by atoms with Gasteiger partial charge in [-0.2, -0.15) is 0 Å². The van der Waals surface area contributed by atoms with Crippen LogP contribution in [0.25, 0.3) is 66.0 Å². The Balaban J connectivity index is 1.15. The minimum atomic E-state index is -3.04. The van der Waals surface area contributed by atoms with E-state index in [1.54, 1.807) is 0 Å². The number of nitrogens with zero attached hydrogens (tertiary/aromatic N) is 2. The van der Waals surface area contributed by atoms with E-state index < -0.39 is 15.1 Å². The van der Waals surface area contributed by atoms with Crippen LogP contribution in [0.4, 0.5) is 0 Å². The van der Waals surface area contributed by atoms with Gasteiger partial charge in [0, 0.05) is 27.5 Å². The first kappa shape index (κ1) is 33.4. The standard InChI is InChI=1S/C28H20O.2C10H9NO.Al/c29-28-16-15-25(26-13-7-8-14-27(26)28)24-18-22(20-9-3-1-4-10-20)17-23(19-24)21-11-5-2-6-12-21;2*1-7-5-6-8-3-2-4-9(12)10(8)11-7;/h1-19,29H;2*2-6,12H,1H3;/q;;;+3/p-3. The molecule has 0 spiro atoms. The largest absolute Gasteiger partial charge is 1.20 e. The monoisotopic (exact) mass is 714 g/mol. The molecule has 2 heterocycles. The zero-order chi connectivity index (χ0) is 36.4. The first-order valence-electron chi connectivity index (χ1n) is 18.1. The number of para-hydroxylation sites is 2. The maximum Gasteiger partial charge on any atom is 1.20 e. The average Bonchev–Trinajstić information content (AvgIpc) is 3.22. The molecule has 0 aliphatic carbocycles. The molecule has 9 rings (SSSR count). The van der Waals surface area contributed by atoms with Crippen molar-refractivity contribution in [1.82, 2.24) is 9.97 Å². The van der Waals surface area contributed by atoms with Crippen LogP contribution < -0.4 is 11.4 Å². The second-order valence-electron chi connectivity index (χ2n) is 13.4. The van der Waals surface area contributed by atoms with Crippen LogP contribution in [0, 0.1) is 13.8 Å². The lowest BCUT2D eigenvalue weighted by molar-refractivity contribution is 0.311. The molecule has 0 aliphatic rings. The molecule has 0 atom stereocenters. The van der Waals surface area contributed by atoms with Crippen molar-refractivity contribution in [3.63, 3.8) is 0 Å². The smallest absolute Gasteiger partial charge is 0.577 e. The third kappa shape index (κ3) is 6.77. The van der Waals surface area contributed by atoms with Crippen LogP contribution in [-0.4, -0.2) is 25.1 Å². The number of hydrogen-bond donors (Lipinski definition) is 0. The number of hydrogen-bond acceptors (Lipinski definition) is 5. The summed E-state index contributed by atoms with van der Waals surface area (Å²) >= 11 is -3.04. The molecule has 0 saturated heterocycles. The van der Waals surface area contributed by atoms with Gasteiger partial charge in [0.05, 0.1) is 5.75 Å². The summed E-state index contributed by atoms with van der Waals surface area (Å²) in [6.07, 6.45) is 0. The lowest BCUT2D eigenvalue weighted by atomic mass is 9.91. The first-order valence-corrected chi connectivity index (χ1v) is 19.5. The van der Waals surface area contributed by atoms with Gasteiger partial charge in [-0.1, -0.05) is 127 Å². The van der Waals surface area contributed by atoms with E-state index in [2.05, 4.69) is 115 Å². The number of rotatable bonds is 9. The first-order chi connectivity index (χ1) is 26.6. The third-order valence-electron chi connectivity index (χ3n) is 9.66. The topological polar surface area (TPSA) is 53.5 Å². The molecule has 6 heteroatoms. The molecule has 258 valence electrons. The minimum absolute atomic E-state index is 0.615. The highest BCUT2D eigenvalue weighted by Gasteiger charge is 2.46. The van der Waals surface area contributed by atoms with E-state index in [1.807, 2.05) is 74.5 Å². The normalized spacial score (nSPS) is 11.1. The average molecular weight is 715 g/mol. The predicted molar refractivity (Wildman–Crippen MR) is 221 cm³/mol. The number of aryl methyl sites for hydroxylation is 2. The molecule has 7 aromatic carbocycles. The van der Waals surface area contributed by atoms with Crippen molar-refractivity contribution in [2.24, 2.45) is 0 Å². The van der Waals surface area contributed by atoms with Gasteiger partial charge in [0.1, 0.15) is 22.5 Å². The molecular weight excluding hydrogens is 680 g/mol. The number of fused-ring (bicyclic) bond motifs is 3. The Hall–Kier alpha value is -6.45. The van der Waals surface area contributed by atoms with Crippen LogP contribution >= 0.6 is 0 Å². The van der Waals surface area contributed by atoms with Crippen LogP contribution in [0.1, 0.15) is 11.4 Å². The van der Waals surface area contributed by atoms with Crippen molar-refractivity contribution in [2.45, 2.75) is 13.8 Å². The number of pyridine rings is 2. The van der Waals surface area contributed by atoms with Crippen molar-refractivity contribution in [2.75, 3.05) is 0 Å². The second-order valence-corrected chi connectivity index (χ2v) is 14.7. The predicted octanol–water partition coefficient (Wildman–Crippen LogP) is 12.1. The maximum atomic E-state index is 6.91. The fourth-order valence-electron chi connectivity index (χ4n) is 7.01. The van der Waals surface area contributed by atoms with E-state index in [0.717, 1.165) is 66.2 Å². The van der Waals surface area contributed by atoms with Crippen LogP contribution in [0.2, 0.25) is 0 Å². The maximum absolute atomic E-state index is 6.91. The molecule has 0 aliphatic heterocycles. The molecule has 0 bridgehead atoms. The summed E-state index contributed by atoms with van der Waals surface area (Å²) in [5, 5.41) is 3.99. The third-order valence-corrected chi connectivity index (χ3v) is 11.0. The van der Waals surface area contributed by atoms with E-state index in [-0.39, 0.29) is 0 Å². The Morgan fingerprint density at radius 1 is 0.370 bits per heavy atom. The van der Waals surface area contributed by atoms with E-state index in [9.17, 15) is 0 Å². The fraction of sp³-hybridized carbons (Fsp3) is 0.0417. The molecular formula is C48H35AlN2O3.